The van der Waals surface area contributed by atoms with Gasteiger partial charge in [-0.25, -0.2) is 0 Å². The highest BCUT2D eigenvalue weighted by atomic mass is 36.0. The number of carbonyl (C=O) groups is 1. The maximum absolute atomic E-state index is 10.3. The fourth-order valence-corrected chi connectivity index (χ4v) is 0.555. The summed E-state index contributed by atoms with van der Waals surface area (Å²) >= 11 is 0. The topological polar surface area (TPSA) is 75.3 Å². The van der Waals surface area contributed by atoms with Gasteiger partial charge in [-0.15, -0.1) is 0 Å². The lowest BCUT2D eigenvalue weighted by Crippen LogP contribution is -2.44. The summed E-state index contributed by atoms with van der Waals surface area (Å²) in [6.45, 7) is 2.17. The van der Waals surface area contributed by atoms with Crippen molar-refractivity contribution in [1.82, 2.24) is 10.6 Å². The second kappa shape index (κ2) is 5.58. The van der Waals surface area contributed by atoms with Crippen LogP contribution in [0.15, 0.2) is 0 Å². The Morgan fingerprint density at radius 1 is 1.25 bits per heavy atom. The average Bonchev–Trinajstić information content (AvgIpc) is 1.85. The Bertz CT molecular complexity index is 225. The molecule has 0 saturated carbocycles. The van der Waals surface area contributed by atoms with Crippen LogP contribution < -0.4 is 10.6 Å². The molecule has 12 heavy (non-hydrogen) atoms. The van der Waals surface area contributed by atoms with Gasteiger partial charge >= 0.3 is 8.26 Å². The second-order valence-electron chi connectivity index (χ2n) is 1.91. The number of halogens is 2. The number of hydrogen-bond donors (Lipinski definition) is 2. The Hall–Kier alpha value is -0.0400. The summed E-state index contributed by atoms with van der Waals surface area (Å²) in [6, 6.07) is 0. The van der Waals surface area contributed by atoms with Crippen molar-refractivity contribution in [1.29, 1.82) is 0 Å². The second-order valence-corrected chi connectivity index (χ2v) is 5.57. The van der Waals surface area contributed by atoms with E-state index in [4.69, 9.17) is 8.42 Å². The molecule has 1 heterocycles. The third kappa shape index (κ3) is 12.6. The number of rotatable bonds is 0. The molecule has 1 fully saturated rings. The zero-order valence-corrected chi connectivity index (χ0v) is 8.34. The lowest BCUT2D eigenvalue weighted by atomic mass is 10.4. The first kappa shape index (κ1) is 12.0. The highest BCUT2D eigenvalue weighted by Gasteiger charge is 2.02. The molecular weight excluding hydrogens is 227 g/mol. The Labute approximate surface area is 79.3 Å². The van der Waals surface area contributed by atoms with Gasteiger partial charge in [-0.05, 0) is 0 Å². The summed E-state index contributed by atoms with van der Waals surface area (Å²) in [7, 11) is 4.81. The molecule has 0 aromatic rings. The lowest BCUT2D eigenvalue weighted by Gasteiger charge is -2.11. The molecule has 0 radical (unpaired) electrons. The molecule has 1 amide bonds. The van der Waals surface area contributed by atoms with E-state index >= 15 is 0 Å². The largest absolute Gasteiger partial charge is 0.354 e. The van der Waals surface area contributed by atoms with Crippen LogP contribution in [0.2, 0.25) is 0 Å². The fourth-order valence-electron chi connectivity index (χ4n) is 0.555. The maximum atomic E-state index is 10.3. The van der Waals surface area contributed by atoms with Gasteiger partial charge in [0.15, 0.2) is 0 Å². The van der Waals surface area contributed by atoms with E-state index in [1.165, 1.54) is 0 Å². The van der Waals surface area contributed by atoms with Gasteiger partial charge in [-0.2, -0.15) is 8.42 Å². The van der Waals surface area contributed by atoms with E-state index in [0.717, 1.165) is 13.1 Å². The van der Waals surface area contributed by atoms with Gasteiger partial charge in [0.2, 0.25) is 5.91 Å². The van der Waals surface area contributed by atoms with Gasteiger partial charge in [0.05, 0.1) is 6.54 Å². The van der Waals surface area contributed by atoms with Crippen LogP contribution in [0.25, 0.3) is 0 Å². The third-order valence-electron chi connectivity index (χ3n) is 0.910. The quantitative estimate of drug-likeness (QED) is 0.550. The molecule has 0 bridgehead atoms. The van der Waals surface area contributed by atoms with Gasteiger partial charge < -0.3 is 10.6 Å². The summed E-state index contributed by atoms with van der Waals surface area (Å²) in [5, 5.41) is 5.60. The van der Waals surface area contributed by atoms with Gasteiger partial charge in [0, 0.05) is 34.5 Å². The highest BCUT2D eigenvalue weighted by Crippen LogP contribution is 1.98. The van der Waals surface area contributed by atoms with E-state index in [0.29, 0.717) is 6.54 Å². The lowest BCUT2D eigenvalue weighted by molar-refractivity contribution is -0.121. The Morgan fingerprint density at radius 3 is 1.92 bits per heavy atom. The minimum absolute atomic E-state index is 0.103. The number of carbonyl (C=O) groups excluding carboxylic acids is 1. The van der Waals surface area contributed by atoms with Crippen LogP contribution in [0.4, 0.5) is 0 Å². The molecular formula is C4H8Cl2N2O3S. The van der Waals surface area contributed by atoms with E-state index in [2.05, 4.69) is 32.0 Å². The predicted molar refractivity (Wildman–Crippen MR) is 46.5 cm³/mol. The molecule has 8 heteroatoms. The van der Waals surface area contributed by atoms with Gasteiger partial charge in [0.25, 0.3) is 0 Å². The van der Waals surface area contributed by atoms with E-state index in [9.17, 15) is 4.79 Å². The van der Waals surface area contributed by atoms with Crippen molar-refractivity contribution in [2.45, 2.75) is 0 Å². The number of hydrogen-bond acceptors (Lipinski definition) is 4. The summed E-state index contributed by atoms with van der Waals surface area (Å²) < 4.78 is 18.3. The van der Waals surface area contributed by atoms with Crippen molar-refractivity contribution in [2.24, 2.45) is 0 Å². The van der Waals surface area contributed by atoms with E-state index in [1.54, 1.807) is 0 Å². The predicted octanol–water partition coefficient (Wildman–Crippen LogP) is -0.585. The van der Waals surface area contributed by atoms with Gasteiger partial charge in [-0.3, -0.25) is 4.79 Å². The molecule has 1 aliphatic rings. The minimum Gasteiger partial charge on any atom is -0.354 e. The van der Waals surface area contributed by atoms with Gasteiger partial charge in [0.1, 0.15) is 0 Å². The Morgan fingerprint density at radius 2 is 1.75 bits per heavy atom. The smallest absolute Gasteiger partial charge is 0.317 e. The minimum atomic E-state index is -3.72. The van der Waals surface area contributed by atoms with Crippen LogP contribution in [0.3, 0.4) is 0 Å². The number of nitrogens with one attached hydrogen (secondary N) is 2. The van der Waals surface area contributed by atoms with E-state index in [1.807, 2.05) is 0 Å². The summed E-state index contributed by atoms with van der Waals surface area (Å²) in [5.74, 6) is 0.103. The molecule has 5 nitrogen and oxygen atoms in total. The Kier molecular flexibility index (Phi) is 5.56. The van der Waals surface area contributed by atoms with Gasteiger partial charge in [-0.1, -0.05) is 0 Å². The standard InChI is InChI=1S/C4H8N2O.Cl2O2S/c7-4-3-5-1-2-6-4;1-5(2,3)4/h5H,1-3H2,(H,6,7);. The van der Waals surface area contributed by atoms with Crippen LogP contribution in [-0.4, -0.2) is 34.0 Å². The first-order valence-electron chi connectivity index (χ1n) is 3.01. The SMILES string of the molecule is O=C1CNCCN1.O=S(=O)(Cl)Cl. The summed E-state index contributed by atoms with van der Waals surface area (Å²) in [6.07, 6.45) is 0. The zero-order valence-electron chi connectivity index (χ0n) is 6.01. The number of piperazine rings is 1. The van der Waals surface area contributed by atoms with Crippen LogP contribution in [0.1, 0.15) is 0 Å². The molecule has 1 rings (SSSR count). The van der Waals surface area contributed by atoms with Crippen molar-refractivity contribution in [3.63, 3.8) is 0 Å². The van der Waals surface area contributed by atoms with Crippen molar-refractivity contribution in [3.05, 3.63) is 0 Å². The fraction of sp³-hybridized carbons (Fsp3) is 0.750. The molecule has 0 aromatic carbocycles. The van der Waals surface area contributed by atoms with Crippen molar-refractivity contribution < 1.29 is 13.2 Å². The molecule has 1 saturated heterocycles. The zero-order chi connectivity index (χ0) is 9.61. The van der Waals surface area contributed by atoms with Crippen LogP contribution >= 0.6 is 21.4 Å². The van der Waals surface area contributed by atoms with E-state index < -0.39 is 8.26 Å². The molecule has 0 aliphatic carbocycles. The summed E-state index contributed by atoms with van der Waals surface area (Å²) in [5.41, 5.74) is 0. The van der Waals surface area contributed by atoms with Crippen molar-refractivity contribution in [2.75, 3.05) is 19.6 Å². The Balaban J connectivity index is 0.000000217. The molecule has 0 atom stereocenters. The molecule has 0 spiro atoms. The molecule has 1 aliphatic heterocycles. The molecule has 2 N–H and O–H groups in total. The maximum Gasteiger partial charge on any atom is 0.317 e. The van der Waals surface area contributed by atoms with Crippen LogP contribution in [-0.2, 0) is 13.1 Å². The molecule has 72 valence electrons. The summed E-state index contributed by atoms with van der Waals surface area (Å²) in [4.78, 5) is 10.3. The first-order valence-corrected chi connectivity index (χ1v) is 6.15. The first-order chi connectivity index (χ1) is 5.39. The number of amides is 1. The van der Waals surface area contributed by atoms with Crippen molar-refractivity contribution >= 4 is 35.5 Å². The average molecular weight is 235 g/mol. The van der Waals surface area contributed by atoms with Crippen LogP contribution in [0, 0.1) is 0 Å². The van der Waals surface area contributed by atoms with Crippen molar-refractivity contribution in [3.8, 4) is 0 Å². The third-order valence-corrected chi connectivity index (χ3v) is 0.910. The highest BCUT2D eigenvalue weighted by molar-refractivity contribution is 8.31. The van der Waals surface area contributed by atoms with Crippen LogP contribution in [0.5, 0.6) is 0 Å². The van der Waals surface area contributed by atoms with E-state index in [-0.39, 0.29) is 5.91 Å². The molecule has 0 aromatic heterocycles. The monoisotopic (exact) mass is 234 g/mol. The molecule has 0 unspecified atom stereocenters. The normalized spacial score (nSPS) is 17.3.